The second kappa shape index (κ2) is 8.27. The van der Waals surface area contributed by atoms with Gasteiger partial charge in [-0.25, -0.2) is 0 Å². The third kappa shape index (κ3) is 5.08. The minimum absolute atomic E-state index is 0.184. The number of fused-ring (bicyclic) bond motifs is 1. The molecule has 3 nitrogen and oxygen atoms in total. The molecule has 1 aliphatic carbocycles. The Balaban J connectivity index is 1.69. The minimum atomic E-state index is 0.184. The molecule has 0 saturated carbocycles. The quantitative estimate of drug-likeness (QED) is 0.503. The van der Waals surface area contributed by atoms with Gasteiger partial charge in [0.05, 0.1) is 6.61 Å². The van der Waals surface area contributed by atoms with Crippen molar-refractivity contribution in [3.8, 4) is 0 Å². The Labute approximate surface area is 130 Å². The van der Waals surface area contributed by atoms with E-state index < -0.39 is 0 Å². The van der Waals surface area contributed by atoms with E-state index in [0.29, 0.717) is 6.61 Å². The molecular formula is C15H24INO2. The van der Waals surface area contributed by atoms with Crippen molar-refractivity contribution in [2.45, 2.75) is 31.8 Å². The van der Waals surface area contributed by atoms with Gasteiger partial charge in [0.1, 0.15) is 18.5 Å². The fourth-order valence-electron chi connectivity index (χ4n) is 2.51. The maximum absolute atomic E-state index is 5.68. The lowest BCUT2D eigenvalue weighted by Gasteiger charge is -2.28. The summed E-state index contributed by atoms with van der Waals surface area (Å²) in [5.74, 6) is 1.04. The zero-order valence-electron chi connectivity index (χ0n) is 11.7. The van der Waals surface area contributed by atoms with Crippen LogP contribution in [0.25, 0.3) is 0 Å². The molecule has 2 aliphatic rings. The smallest absolute Gasteiger partial charge is 0.125 e. The van der Waals surface area contributed by atoms with Crippen molar-refractivity contribution in [2.24, 2.45) is 0 Å². The molecule has 0 radical (unpaired) electrons. The highest BCUT2D eigenvalue weighted by molar-refractivity contribution is 14.1. The molecule has 0 spiro atoms. The van der Waals surface area contributed by atoms with E-state index >= 15 is 0 Å². The van der Waals surface area contributed by atoms with E-state index in [1.165, 1.54) is 35.9 Å². The highest BCUT2D eigenvalue weighted by Gasteiger charge is 2.23. The van der Waals surface area contributed by atoms with Crippen LogP contribution in [0, 0.1) is 0 Å². The molecule has 0 aromatic carbocycles. The number of halogens is 1. The molecule has 0 amide bonds. The first kappa shape index (κ1) is 15.3. The Bertz CT molecular complexity index is 341. The molecule has 0 bridgehead atoms. The SMILES string of the molecule is CN(CCCI)CCCC1=CCC2OCCOC2=C1. The van der Waals surface area contributed by atoms with Crippen molar-refractivity contribution in [2.75, 3.05) is 37.8 Å². The highest BCUT2D eigenvalue weighted by Crippen LogP contribution is 2.26. The first-order chi connectivity index (χ1) is 9.29. The van der Waals surface area contributed by atoms with E-state index in [2.05, 4.69) is 46.7 Å². The molecule has 108 valence electrons. The third-order valence-electron chi connectivity index (χ3n) is 3.59. The lowest BCUT2D eigenvalue weighted by Crippen LogP contribution is -2.28. The van der Waals surface area contributed by atoms with Crippen LogP contribution in [0.15, 0.2) is 23.5 Å². The van der Waals surface area contributed by atoms with Crippen molar-refractivity contribution in [1.29, 1.82) is 0 Å². The topological polar surface area (TPSA) is 21.7 Å². The molecule has 4 heteroatoms. The zero-order chi connectivity index (χ0) is 13.5. The second-order valence-electron chi connectivity index (χ2n) is 5.22. The largest absolute Gasteiger partial charge is 0.493 e. The number of rotatable bonds is 7. The van der Waals surface area contributed by atoms with Gasteiger partial charge in [-0.3, -0.25) is 0 Å². The van der Waals surface area contributed by atoms with Crippen molar-refractivity contribution >= 4 is 22.6 Å². The maximum atomic E-state index is 5.68. The Hall–Kier alpha value is -0.0700. The van der Waals surface area contributed by atoms with Gasteiger partial charge in [-0.1, -0.05) is 28.7 Å². The summed E-state index contributed by atoms with van der Waals surface area (Å²) in [6.45, 7) is 3.82. The molecular weight excluding hydrogens is 353 g/mol. The van der Waals surface area contributed by atoms with Gasteiger partial charge in [0.15, 0.2) is 0 Å². The molecule has 1 aliphatic heterocycles. The molecule has 1 atom stereocenters. The minimum Gasteiger partial charge on any atom is -0.493 e. The average molecular weight is 377 g/mol. The van der Waals surface area contributed by atoms with E-state index in [0.717, 1.165) is 25.2 Å². The van der Waals surface area contributed by atoms with Gasteiger partial charge in [0.25, 0.3) is 0 Å². The number of hydrogen-bond donors (Lipinski definition) is 0. The summed E-state index contributed by atoms with van der Waals surface area (Å²) in [6.07, 6.45) is 9.32. The molecule has 2 rings (SSSR count). The van der Waals surface area contributed by atoms with Gasteiger partial charge in [0, 0.05) is 4.43 Å². The van der Waals surface area contributed by atoms with Crippen LogP contribution in [-0.4, -0.2) is 48.8 Å². The Morgan fingerprint density at radius 1 is 1.32 bits per heavy atom. The standard InChI is InChI=1S/C15H24INO2/c1-17(9-3-7-16)8-2-4-13-5-6-14-15(12-13)19-11-10-18-14/h5,12,14H,2-4,6-11H2,1H3. The van der Waals surface area contributed by atoms with Crippen molar-refractivity contribution in [3.05, 3.63) is 23.5 Å². The monoisotopic (exact) mass is 377 g/mol. The van der Waals surface area contributed by atoms with Gasteiger partial charge in [-0.2, -0.15) is 0 Å². The van der Waals surface area contributed by atoms with E-state index in [-0.39, 0.29) is 6.10 Å². The molecule has 0 aromatic heterocycles. The summed E-state index contributed by atoms with van der Waals surface area (Å²) < 4.78 is 12.6. The van der Waals surface area contributed by atoms with Gasteiger partial charge < -0.3 is 14.4 Å². The Morgan fingerprint density at radius 3 is 3.00 bits per heavy atom. The van der Waals surface area contributed by atoms with Gasteiger partial charge >= 0.3 is 0 Å². The van der Waals surface area contributed by atoms with E-state index in [1.54, 1.807) is 0 Å². The summed E-state index contributed by atoms with van der Waals surface area (Å²) >= 11 is 2.44. The van der Waals surface area contributed by atoms with Crippen LogP contribution in [0.3, 0.4) is 0 Å². The van der Waals surface area contributed by atoms with E-state index in [9.17, 15) is 0 Å². The first-order valence-electron chi connectivity index (χ1n) is 7.19. The summed E-state index contributed by atoms with van der Waals surface area (Å²) in [5.41, 5.74) is 1.42. The zero-order valence-corrected chi connectivity index (χ0v) is 13.9. The lowest BCUT2D eigenvalue weighted by atomic mass is 9.99. The first-order valence-corrected chi connectivity index (χ1v) is 8.71. The molecule has 0 N–H and O–H groups in total. The normalized spacial score (nSPS) is 22.6. The van der Waals surface area contributed by atoms with Crippen molar-refractivity contribution in [3.63, 3.8) is 0 Å². The Morgan fingerprint density at radius 2 is 2.16 bits per heavy atom. The lowest BCUT2D eigenvalue weighted by molar-refractivity contribution is -0.0417. The van der Waals surface area contributed by atoms with Crippen LogP contribution in [0.1, 0.15) is 25.7 Å². The summed E-state index contributed by atoms with van der Waals surface area (Å²) in [5, 5.41) is 0. The summed E-state index contributed by atoms with van der Waals surface area (Å²) in [6, 6.07) is 0. The van der Waals surface area contributed by atoms with Crippen molar-refractivity contribution < 1.29 is 9.47 Å². The van der Waals surface area contributed by atoms with Crippen LogP contribution in [0.4, 0.5) is 0 Å². The van der Waals surface area contributed by atoms with Crippen LogP contribution in [-0.2, 0) is 9.47 Å². The van der Waals surface area contributed by atoms with Gasteiger partial charge in [-0.05, 0) is 57.5 Å². The van der Waals surface area contributed by atoms with Crippen LogP contribution >= 0.6 is 22.6 Å². The number of alkyl halides is 1. The molecule has 1 unspecified atom stereocenters. The third-order valence-corrected chi connectivity index (χ3v) is 4.35. The number of allylic oxidation sites excluding steroid dienone is 2. The molecule has 19 heavy (non-hydrogen) atoms. The van der Waals surface area contributed by atoms with Gasteiger partial charge in [0.2, 0.25) is 0 Å². The predicted octanol–water partition coefficient (Wildman–Crippen LogP) is 3.15. The fraction of sp³-hybridized carbons (Fsp3) is 0.733. The highest BCUT2D eigenvalue weighted by atomic mass is 127. The number of hydrogen-bond acceptors (Lipinski definition) is 3. The van der Waals surface area contributed by atoms with Crippen molar-refractivity contribution in [1.82, 2.24) is 4.90 Å². The van der Waals surface area contributed by atoms with Crippen LogP contribution in [0.5, 0.6) is 0 Å². The molecule has 1 heterocycles. The fourth-order valence-corrected chi connectivity index (χ4v) is 2.85. The van der Waals surface area contributed by atoms with Crippen LogP contribution in [0.2, 0.25) is 0 Å². The average Bonchev–Trinajstić information content (AvgIpc) is 2.45. The van der Waals surface area contributed by atoms with Crippen LogP contribution < -0.4 is 0 Å². The van der Waals surface area contributed by atoms with Gasteiger partial charge in [-0.15, -0.1) is 0 Å². The molecule has 1 fully saturated rings. The van der Waals surface area contributed by atoms with E-state index in [4.69, 9.17) is 9.47 Å². The number of ether oxygens (including phenoxy) is 2. The second-order valence-corrected chi connectivity index (χ2v) is 6.30. The molecule has 0 aromatic rings. The molecule has 1 saturated heterocycles. The van der Waals surface area contributed by atoms with E-state index in [1.807, 2.05) is 0 Å². The number of nitrogens with zero attached hydrogens (tertiary/aromatic N) is 1. The Kier molecular flexibility index (Phi) is 6.67. The summed E-state index contributed by atoms with van der Waals surface area (Å²) in [4.78, 5) is 2.43. The predicted molar refractivity (Wildman–Crippen MR) is 86.7 cm³/mol. The maximum Gasteiger partial charge on any atom is 0.125 e. The summed E-state index contributed by atoms with van der Waals surface area (Å²) in [7, 11) is 2.22.